The number of thioether (sulfide) groups is 1. The normalized spacial score (nSPS) is 15.5. The largest absolute Gasteiger partial charge is 0.339 e. The molecule has 1 saturated heterocycles. The number of aromatic nitrogens is 2. The van der Waals surface area contributed by atoms with Crippen molar-refractivity contribution in [1.82, 2.24) is 14.5 Å². The summed E-state index contributed by atoms with van der Waals surface area (Å²) in [6, 6.07) is 5.25. The predicted octanol–water partition coefficient (Wildman–Crippen LogP) is 0.972. The number of carbonyl (C=O) groups is 1. The smallest absolute Gasteiger partial charge is 0.260 e. The van der Waals surface area contributed by atoms with Gasteiger partial charge in [-0.2, -0.15) is 11.8 Å². The van der Waals surface area contributed by atoms with Crippen LogP contribution in [0.5, 0.6) is 0 Å². The van der Waals surface area contributed by atoms with Crippen molar-refractivity contribution in [3.63, 3.8) is 0 Å². The Hall–Kier alpha value is -1.82. The highest BCUT2D eigenvalue weighted by molar-refractivity contribution is 7.99. The molecule has 0 aliphatic carbocycles. The molecule has 3 rings (SSSR count). The molecule has 1 amide bonds. The van der Waals surface area contributed by atoms with Crippen LogP contribution in [0.25, 0.3) is 10.9 Å². The number of carbonyl (C=O) groups excluding carboxylic acids is 1. The number of pyridine rings is 2. The van der Waals surface area contributed by atoms with Crippen molar-refractivity contribution in [1.29, 1.82) is 0 Å². The fourth-order valence-electron chi connectivity index (χ4n) is 2.30. The highest BCUT2D eigenvalue weighted by Crippen LogP contribution is 2.10. The lowest BCUT2D eigenvalue weighted by Gasteiger charge is -2.26. The lowest BCUT2D eigenvalue weighted by atomic mass is 10.2. The van der Waals surface area contributed by atoms with E-state index in [9.17, 15) is 9.59 Å². The molecule has 1 aliphatic rings. The number of amides is 1. The van der Waals surface area contributed by atoms with Gasteiger partial charge in [-0.15, -0.1) is 0 Å². The van der Waals surface area contributed by atoms with E-state index in [0.29, 0.717) is 10.9 Å². The lowest BCUT2D eigenvalue weighted by Crippen LogP contribution is -2.41. The SMILES string of the molecule is O=C(Cn1ccc2ncccc2c1=O)N1CCSCC1. The monoisotopic (exact) mass is 289 g/mol. The van der Waals surface area contributed by atoms with Crippen LogP contribution in [0.4, 0.5) is 0 Å². The Morgan fingerprint density at radius 2 is 2.10 bits per heavy atom. The van der Waals surface area contributed by atoms with Crippen LogP contribution in [0.15, 0.2) is 35.4 Å². The zero-order valence-electron chi connectivity index (χ0n) is 11.0. The molecule has 104 valence electrons. The van der Waals surface area contributed by atoms with Crippen LogP contribution in [-0.4, -0.2) is 45.0 Å². The number of hydrogen-bond donors (Lipinski definition) is 0. The number of hydrogen-bond acceptors (Lipinski definition) is 4. The first-order chi connectivity index (χ1) is 9.75. The Bertz CT molecular complexity index is 692. The zero-order chi connectivity index (χ0) is 13.9. The summed E-state index contributed by atoms with van der Waals surface area (Å²) in [6.45, 7) is 1.65. The zero-order valence-corrected chi connectivity index (χ0v) is 11.8. The molecule has 0 unspecified atom stereocenters. The van der Waals surface area contributed by atoms with Crippen molar-refractivity contribution in [2.75, 3.05) is 24.6 Å². The molecule has 2 aromatic heterocycles. The fraction of sp³-hybridized carbons (Fsp3) is 0.357. The minimum Gasteiger partial charge on any atom is -0.339 e. The van der Waals surface area contributed by atoms with Gasteiger partial charge < -0.3 is 9.47 Å². The maximum atomic E-state index is 12.3. The standard InChI is InChI=1S/C14H15N3O2S/c18-13(16-6-8-20-9-7-16)10-17-5-3-12-11(14(17)19)2-1-4-15-12/h1-5H,6-10H2. The van der Waals surface area contributed by atoms with Crippen molar-refractivity contribution < 1.29 is 4.79 Å². The van der Waals surface area contributed by atoms with Gasteiger partial charge in [0.25, 0.3) is 5.56 Å². The van der Waals surface area contributed by atoms with Gasteiger partial charge >= 0.3 is 0 Å². The summed E-state index contributed by atoms with van der Waals surface area (Å²) < 4.78 is 1.47. The van der Waals surface area contributed by atoms with E-state index in [0.717, 1.165) is 24.6 Å². The van der Waals surface area contributed by atoms with Crippen LogP contribution >= 0.6 is 11.8 Å². The second-order valence-corrected chi connectivity index (χ2v) is 5.90. The van der Waals surface area contributed by atoms with E-state index < -0.39 is 0 Å². The predicted molar refractivity (Wildman–Crippen MR) is 79.9 cm³/mol. The molecule has 0 atom stereocenters. The van der Waals surface area contributed by atoms with Gasteiger partial charge in [-0.1, -0.05) is 0 Å². The Labute approximate surface area is 120 Å². The van der Waals surface area contributed by atoms with Crippen molar-refractivity contribution in [2.24, 2.45) is 0 Å². The van der Waals surface area contributed by atoms with Gasteiger partial charge in [-0.3, -0.25) is 14.6 Å². The van der Waals surface area contributed by atoms with Gasteiger partial charge in [-0.25, -0.2) is 0 Å². The molecule has 0 radical (unpaired) electrons. The van der Waals surface area contributed by atoms with Crippen LogP contribution in [0, 0.1) is 0 Å². The second kappa shape index (κ2) is 5.66. The Morgan fingerprint density at radius 1 is 1.30 bits per heavy atom. The molecule has 5 nitrogen and oxygen atoms in total. The first kappa shape index (κ1) is 13.2. The molecule has 20 heavy (non-hydrogen) atoms. The minimum absolute atomic E-state index is 0.00985. The molecule has 0 spiro atoms. The van der Waals surface area contributed by atoms with E-state index in [1.165, 1.54) is 4.57 Å². The molecule has 1 fully saturated rings. The lowest BCUT2D eigenvalue weighted by molar-refractivity contribution is -0.131. The van der Waals surface area contributed by atoms with Crippen LogP contribution in [-0.2, 0) is 11.3 Å². The minimum atomic E-state index is -0.157. The maximum Gasteiger partial charge on any atom is 0.260 e. The molecule has 0 aromatic carbocycles. The van der Waals surface area contributed by atoms with Crippen LogP contribution < -0.4 is 5.56 Å². The first-order valence-corrected chi connectivity index (χ1v) is 7.71. The molecule has 0 N–H and O–H groups in total. The molecule has 1 aliphatic heterocycles. The Kier molecular flexibility index (Phi) is 3.73. The van der Waals surface area contributed by atoms with Gasteiger partial charge in [0.05, 0.1) is 10.9 Å². The van der Waals surface area contributed by atoms with E-state index in [-0.39, 0.29) is 18.0 Å². The maximum absolute atomic E-state index is 12.3. The number of rotatable bonds is 2. The number of nitrogens with zero attached hydrogens (tertiary/aromatic N) is 3. The van der Waals surface area contributed by atoms with E-state index in [2.05, 4.69) is 4.98 Å². The van der Waals surface area contributed by atoms with Crippen molar-refractivity contribution in [3.8, 4) is 0 Å². The molecule has 0 saturated carbocycles. The van der Waals surface area contributed by atoms with E-state index >= 15 is 0 Å². The highest BCUT2D eigenvalue weighted by atomic mass is 32.2. The highest BCUT2D eigenvalue weighted by Gasteiger charge is 2.17. The van der Waals surface area contributed by atoms with E-state index in [1.54, 1.807) is 30.6 Å². The summed E-state index contributed by atoms with van der Waals surface area (Å²) in [5.41, 5.74) is 0.505. The van der Waals surface area contributed by atoms with Gasteiger partial charge in [-0.05, 0) is 18.2 Å². The molecular formula is C14H15N3O2S. The average molecular weight is 289 g/mol. The second-order valence-electron chi connectivity index (χ2n) is 4.68. The summed E-state index contributed by atoms with van der Waals surface area (Å²) in [6.07, 6.45) is 3.30. The third-order valence-electron chi connectivity index (χ3n) is 3.41. The average Bonchev–Trinajstić information content (AvgIpc) is 2.51. The third-order valence-corrected chi connectivity index (χ3v) is 4.35. The van der Waals surface area contributed by atoms with Crippen LogP contribution in [0.3, 0.4) is 0 Å². The Morgan fingerprint density at radius 3 is 2.90 bits per heavy atom. The summed E-state index contributed by atoms with van der Waals surface area (Å²) >= 11 is 1.86. The summed E-state index contributed by atoms with van der Waals surface area (Å²) in [5, 5.41) is 0.553. The van der Waals surface area contributed by atoms with Crippen LogP contribution in [0.2, 0.25) is 0 Å². The molecular weight excluding hydrogens is 274 g/mol. The fourth-order valence-corrected chi connectivity index (χ4v) is 3.20. The summed E-state index contributed by atoms with van der Waals surface area (Å²) in [4.78, 5) is 30.5. The van der Waals surface area contributed by atoms with Gasteiger partial charge in [0.1, 0.15) is 6.54 Å². The van der Waals surface area contributed by atoms with Crippen LogP contribution in [0.1, 0.15) is 0 Å². The summed E-state index contributed by atoms with van der Waals surface area (Å²) in [7, 11) is 0. The van der Waals surface area contributed by atoms with E-state index in [4.69, 9.17) is 0 Å². The Balaban J connectivity index is 1.85. The number of fused-ring (bicyclic) bond motifs is 1. The first-order valence-electron chi connectivity index (χ1n) is 6.55. The van der Waals surface area contributed by atoms with Gasteiger partial charge in [0.2, 0.25) is 5.91 Å². The van der Waals surface area contributed by atoms with E-state index in [1.807, 2.05) is 16.7 Å². The van der Waals surface area contributed by atoms with Gasteiger partial charge in [0.15, 0.2) is 0 Å². The molecule has 2 aromatic rings. The van der Waals surface area contributed by atoms with Crippen molar-refractivity contribution in [3.05, 3.63) is 40.9 Å². The molecule has 3 heterocycles. The quantitative estimate of drug-likeness (QED) is 0.827. The summed E-state index contributed by atoms with van der Waals surface area (Å²) in [5.74, 6) is 1.96. The molecule has 6 heteroatoms. The van der Waals surface area contributed by atoms with Crippen molar-refractivity contribution in [2.45, 2.75) is 6.54 Å². The van der Waals surface area contributed by atoms with Crippen molar-refractivity contribution >= 4 is 28.6 Å². The third kappa shape index (κ3) is 2.56. The molecule has 0 bridgehead atoms. The van der Waals surface area contributed by atoms with Gasteiger partial charge in [0, 0.05) is 37.0 Å². The topological polar surface area (TPSA) is 55.2 Å².